The molecule has 38 heavy (non-hydrogen) atoms. The SMILES string of the molecule is CCC(=O)[C@@H]1C[C@]23CNCCCCCCCc4cc(CC(C)C)cc5c(C(C)=O)cn(c45)CC(=O)N1[C@@H]2C3. The van der Waals surface area contributed by atoms with Gasteiger partial charge in [-0.1, -0.05) is 46.1 Å². The van der Waals surface area contributed by atoms with Gasteiger partial charge in [0.1, 0.15) is 6.54 Å². The monoisotopic (exact) mass is 519 g/mol. The summed E-state index contributed by atoms with van der Waals surface area (Å²) in [6.45, 7) is 10.0. The van der Waals surface area contributed by atoms with Crippen LogP contribution in [0.5, 0.6) is 0 Å². The third-order valence-electron chi connectivity index (χ3n) is 9.14. The predicted molar refractivity (Wildman–Crippen MR) is 152 cm³/mol. The van der Waals surface area contributed by atoms with Gasteiger partial charge in [-0.2, -0.15) is 0 Å². The van der Waals surface area contributed by atoms with Crippen LogP contribution in [-0.4, -0.2) is 52.1 Å². The fraction of sp³-hybridized carbons (Fsp3) is 0.656. The van der Waals surface area contributed by atoms with Gasteiger partial charge in [-0.25, -0.2) is 0 Å². The lowest BCUT2D eigenvalue weighted by molar-refractivity contribution is -0.139. The molecule has 0 spiro atoms. The van der Waals surface area contributed by atoms with Crippen molar-refractivity contribution in [1.29, 1.82) is 0 Å². The number of hydrogen-bond acceptors (Lipinski definition) is 4. The van der Waals surface area contributed by atoms with Crippen LogP contribution in [0.4, 0.5) is 0 Å². The summed E-state index contributed by atoms with van der Waals surface area (Å²) in [5.74, 6) is 0.730. The minimum absolute atomic E-state index is 0.00898. The molecule has 3 aliphatic rings. The summed E-state index contributed by atoms with van der Waals surface area (Å²) < 4.78 is 2.02. The molecule has 206 valence electrons. The van der Waals surface area contributed by atoms with Gasteiger partial charge in [0.05, 0.1) is 11.6 Å². The van der Waals surface area contributed by atoms with Crippen LogP contribution >= 0.6 is 0 Å². The highest BCUT2D eigenvalue weighted by Crippen LogP contribution is 2.59. The number of amides is 1. The summed E-state index contributed by atoms with van der Waals surface area (Å²) >= 11 is 0. The van der Waals surface area contributed by atoms with Crippen molar-refractivity contribution in [3.63, 3.8) is 0 Å². The number of nitrogens with zero attached hydrogens (tertiary/aromatic N) is 2. The van der Waals surface area contributed by atoms with Gasteiger partial charge < -0.3 is 14.8 Å². The molecule has 2 fully saturated rings. The molecule has 6 heteroatoms. The summed E-state index contributed by atoms with van der Waals surface area (Å²) in [6, 6.07) is 4.31. The normalized spacial score (nSPS) is 26.4. The quantitative estimate of drug-likeness (QED) is 0.531. The number of ketones is 2. The van der Waals surface area contributed by atoms with E-state index in [0.29, 0.717) is 17.9 Å². The molecule has 2 bridgehead atoms. The number of hydrogen-bond donors (Lipinski definition) is 1. The molecule has 1 saturated carbocycles. The van der Waals surface area contributed by atoms with E-state index in [2.05, 4.69) is 31.3 Å². The van der Waals surface area contributed by atoms with Crippen molar-refractivity contribution < 1.29 is 14.4 Å². The molecular weight excluding hydrogens is 474 g/mol. The van der Waals surface area contributed by atoms with E-state index in [1.807, 2.05) is 22.6 Å². The predicted octanol–water partition coefficient (Wildman–Crippen LogP) is 5.48. The molecule has 1 aliphatic carbocycles. The first kappa shape index (κ1) is 27.1. The maximum Gasteiger partial charge on any atom is 0.243 e. The lowest BCUT2D eigenvalue weighted by atomic mass is 9.94. The fourth-order valence-corrected chi connectivity index (χ4v) is 7.19. The van der Waals surface area contributed by atoms with Crippen LogP contribution in [0, 0.1) is 11.3 Å². The molecule has 1 saturated heterocycles. The highest BCUT2D eigenvalue weighted by Gasteiger charge is 2.66. The average Bonchev–Trinajstić information content (AvgIpc) is 3.27. The van der Waals surface area contributed by atoms with Crippen LogP contribution in [0.1, 0.15) is 101 Å². The Balaban J connectivity index is 1.56. The second-order valence-electron chi connectivity index (χ2n) is 12.6. The molecule has 3 heterocycles. The first-order chi connectivity index (χ1) is 18.2. The van der Waals surface area contributed by atoms with E-state index in [-0.39, 0.29) is 41.5 Å². The van der Waals surface area contributed by atoms with Crippen molar-refractivity contribution in [3.8, 4) is 0 Å². The fourth-order valence-electron chi connectivity index (χ4n) is 7.19. The Hall–Kier alpha value is -2.47. The Bertz CT molecular complexity index is 1230. The molecule has 6 nitrogen and oxygen atoms in total. The van der Waals surface area contributed by atoms with Gasteiger partial charge in [0.25, 0.3) is 0 Å². The molecule has 1 aromatic carbocycles. The number of benzene rings is 1. The third kappa shape index (κ3) is 5.21. The molecule has 2 aromatic rings. The zero-order valence-electron chi connectivity index (χ0n) is 23.8. The molecular formula is C32H45N3O3. The van der Waals surface area contributed by atoms with Crippen LogP contribution < -0.4 is 5.32 Å². The second kappa shape index (κ2) is 11.0. The highest BCUT2D eigenvalue weighted by atomic mass is 16.2. The number of aromatic nitrogens is 1. The number of rotatable bonds is 5. The molecule has 0 unspecified atom stereocenters. The van der Waals surface area contributed by atoms with Crippen LogP contribution in [-0.2, 0) is 29.0 Å². The summed E-state index contributed by atoms with van der Waals surface area (Å²) in [7, 11) is 0. The number of aryl methyl sites for hydroxylation is 1. The minimum atomic E-state index is -0.321. The van der Waals surface area contributed by atoms with Crippen molar-refractivity contribution in [1.82, 2.24) is 14.8 Å². The Morgan fingerprint density at radius 3 is 2.61 bits per heavy atom. The van der Waals surface area contributed by atoms with Crippen LogP contribution in [0.2, 0.25) is 0 Å². The van der Waals surface area contributed by atoms with Crippen molar-refractivity contribution >= 4 is 28.4 Å². The summed E-state index contributed by atoms with van der Waals surface area (Å²) in [5.41, 5.74) is 4.28. The Labute approximate surface area is 227 Å². The van der Waals surface area contributed by atoms with E-state index in [1.165, 1.54) is 36.8 Å². The van der Waals surface area contributed by atoms with Crippen LogP contribution in [0.3, 0.4) is 0 Å². The lowest BCUT2D eigenvalue weighted by Gasteiger charge is -2.27. The first-order valence-electron chi connectivity index (χ1n) is 14.9. The third-order valence-corrected chi connectivity index (χ3v) is 9.14. The van der Waals surface area contributed by atoms with Crippen molar-refractivity contribution in [3.05, 3.63) is 35.0 Å². The number of nitrogens with one attached hydrogen (secondary N) is 1. The van der Waals surface area contributed by atoms with Crippen LogP contribution in [0.25, 0.3) is 10.9 Å². The van der Waals surface area contributed by atoms with Gasteiger partial charge >= 0.3 is 0 Å². The maximum absolute atomic E-state index is 14.0. The number of carbonyl (C=O) groups excluding carboxylic acids is 3. The minimum Gasteiger partial charge on any atom is -0.337 e. The second-order valence-corrected chi connectivity index (χ2v) is 12.6. The zero-order chi connectivity index (χ0) is 27.0. The van der Waals surface area contributed by atoms with Crippen molar-refractivity contribution in [2.45, 2.75) is 111 Å². The lowest BCUT2D eigenvalue weighted by Crippen LogP contribution is -2.44. The zero-order valence-corrected chi connectivity index (χ0v) is 23.8. The highest BCUT2D eigenvalue weighted by molar-refractivity contribution is 6.08. The van der Waals surface area contributed by atoms with Gasteiger partial charge in [0.15, 0.2) is 11.6 Å². The number of Topliss-reactive ketones (excluding diaryl/α,β-unsaturated/α-hetero) is 2. The first-order valence-corrected chi connectivity index (χ1v) is 14.9. The van der Waals surface area contributed by atoms with Gasteiger partial charge in [0.2, 0.25) is 5.91 Å². The molecule has 2 aliphatic heterocycles. The van der Waals surface area contributed by atoms with E-state index in [4.69, 9.17) is 0 Å². The van der Waals surface area contributed by atoms with Crippen molar-refractivity contribution in [2.24, 2.45) is 11.3 Å². The van der Waals surface area contributed by atoms with Gasteiger partial charge in [-0.05, 0) is 75.1 Å². The summed E-state index contributed by atoms with van der Waals surface area (Å²) in [4.78, 5) is 41.6. The van der Waals surface area contributed by atoms with Gasteiger partial charge in [-0.3, -0.25) is 14.4 Å². The summed E-state index contributed by atoms with van der Waals surface area (Å²) in [5, 5.41) is 4.63. The van der Waals surface area contributed by atoms with E-state index >= 15 is 0 Å². The number of piperidine rings is 1. The average molecular weight is 520 g/mol. The van der Waals surface area contributed by atoms with Gasteiger partial charge in [0, 0.05) is 41.6 Å². The smallest absolute Gasteiger partial charge is 0.243 e. The molecule has 5 rings (SSSR count). The molecule has 0 radical (unpaired) electrons. The van der Waals surface area contributed by atoms with Crippen molar-refractivity contribution in [2.75, 3.05) is 13.1 Å². The standard InChI is InChI=1S/C32H45N3O3/c1-5-28(37)27-16-32-17-29(32)35(27)30(38)19-34-18-26(22(4)36)25-15-23(13-21(2)3)14-24(31(25)34)11-9-7-6-8-10-12-33-20-32/h14-15,18,21,27,29,33H,5-13,16-17,19-20H2,1-4H3/t27-,29+,32-/m0/s1. The number of carbonyl (C=O) groups is 3. The Kier molecular flexibility index (Phi) is 7.82. The Morgan fingerprint density at radius 1 is 1.11 bits per heavy atom. The van der Waals surface area contributed by atoms with Gasteiger partial charge in [-0.15, -0.1) is 0 Å². The molecule has 1 N–H and O–H groups in total. The van der Waals surface area contributed by atoms with E-state index < -0.39 is 0 Å². The summed E-state index contributed by atoms with van der Waals surface area (Å²) in [6.07, 6.45) is 11.9. The maximum atomic E-state index is 14.0. The Morgan fingerprint density at radius 2 is 1.87 bits per heavy atom. The van der Waals surface area contributed by atoms with E-state index in [0.717, 1.165) is 56.1 Å². The molecule has 1 aromatic heterocycles. The molecule has 1 amide bonds. The van der Waals surface area contributed by atoms with E-state index in [1.54, 1.807) is 6.92 Å². The topological polar surface area (TPSA) is 71.4 Å². The largest absolute Gasteiger partial charge is 0.337 e. The molecule has 3 atom stereocenters. The van der Waals surface area contributed by atoms with E-state index in [9.17, 15) is 14.4 Å². The van der Waals surface area contributed by atoms with Crippen LogP contribution in [0.15, 0.2) is 18.3 Å².